The molecule has 0 bridgehead atoms. The Balaban J connectivity index is 0.000000171. The van der Waals surface area contributed by atoms with Gasteiger partial charge in [-0.15, -0.1) is 5.10 Å². The van der Waals surface area contributed by atoms with Gasteiger partial charge in [-0.25, -0.2) is 9.79 Å². The van der Waals surface area contributed by atoms with E-state index in [0.29, 0.717) is 19.0 Å². The van der Waals surface area contributed by atoms with E-state index in [0.717, 1.165) is 4.90 Å². The maximum atomic E-state index is 10.2. The molecule has 0 saturated carbocycles. The van der Waals surface area contributed by atoms with Crippen LogP contribution >= 0.6 is 0 Å². The second-order valence-corrected chi connectivity index (χ2v) is 2.93. The summed E-state index contributed by atoms with van der Waals surface area (Å²) < 4.78 is 5.00. The zero-order chi connectivity index (χ0) is 12.5. The zero-order valence-electron chi connectivity index (χ0n) is 9.41. The number of hydrogen-bond acceptors (Lipinski definition) is 4. The van der Waals surface area contributed by atoms with Gasteiger partial charge in [-0.05, 0) is 13.0 Å². The predicted molar refractivity (Wildman–Crippen MR) is 62.1 cm³/mol. The molecule has 1 aromatic heterocycles. The molecule has 1 aliphatic rings. The Kier molecular flexibility index (Phi) is 5.29. The van der Waals surface area contributed by atoms with Gasteiger partial charge in [0.1, 0.15) is 6.34 Å². The van der Waals surface area contributed by atoms with Gasteiger partial charge in [0.2, 0.25) is 5.88 Å². The number of nitrogens with zero attached hydrogens (tertiary/aromatic N) is 3. The van der Waals surface area contributed by atoms with Crippen LogP contribution in [0, 0.1) is 0 Å². The monoisotopic (exact) mass is 238 g/mol. The third-order valence-electron chi connectivity index (χ3n) is 1.71. The molecular weight excluding hydrogens is 224 g/mol. The minimum Gasteiger partial charge on any atom is -0.477 e. The number of aromatic nitrogens is 2. The van der Waals surface area contributed by atoms with Crippen LogP contribution in [-0.4, -0.2) is 45.8 Å². The number of carbonyl (C=O) groups is 1. The number of amides is 1. The van der Waals surface area contributed by atoms with Crippen molar-refractivity contribution in [3.8, 4) is 5.88 Å². The van der Waals surface area contributed by atoms with Gasteiger partial charge in [0.15, 0.2) is 0 Å². The number of ether oxygens (including phenoxy) is 1. The van der Waals surface area contributed by atoms with E-state index in [1.165, 1.54) is 6.34 Å². The Morgan fingerprint density at radius 1 is 1.71 bits per heavy atom. The fourth-order valence-corrected chi connectivity index (χ4v) is 0.990. The number of H-pyrrole nitrogens is 1. The number of nitrogens with one attached hydrogen (secondary N) is 1. The Morgan fingerprint density at radius 3 is 2.94 bits per heavy atom. The molecule has 0 spiro atoms. The van der Waals surface area contributed by atoms with Crippen LogP contribution in [0.3, 0.4) is 0 Å². The van der Waals surface area contributed by atoms with Gasteiger partial charge in [0, 0.05) is 25.0 Å². The largest absolute Gasteiger partial charge is 0.477 e. The van der Waals surface area contributed by atoms with E-state index in [-0.39, 0.29) is 0 Å². The van der Waals surface area contributed by atoms with Crippen LogP contribution in [-0.2, 0) is 0 Å². The minimum atomic E-state index is -0.969. The highest BCUT2D eigenvalue weighted by Gasteiger charge is 2.06. The molecule has 1 aromatic rings. The molecule has 0 aliphatic carbocycles. The Hall–Kier alpha value is -2.31. The van der Waals surface area contributed by atoms with Gasteiger partial charge in [-0.3, -0.25) is 10.00 Å². The maximum absolute atomic E-state index is 10.2. The fourth-order valence-electron chi connectivity index (χ4n) is 0.990. The molecule has 0 radical (unpaired) electrons. The number of rotatable bonds is 2. The Bertz CT molecular complexity index is 386. The van der Waals surface area contributed by atoms with Crippen molar-refractivity contribution in [3.05, 3.63) is 24.5 Å². The van der Waals surface area contributed by atoms with Crippen molar-refractivity contribution in [2.75, 3.05) is 13.2 Å². The summed E-state index contributed by atoms with van der Waals surface area (Å²) >= 11 is 0. The average Bonchev–Trinajstić information content (AvgIpc) is 2.84. The predicted octanol–water partition coefficient (Wildman–Crippen LogP) is 1.33. The van der Waals surface area contributed by atoms with Crippen molar-refractivity contribution in [2.24, 2.45) is 4.99 Å². The van der Waals surface area contributed by atoms with Crippen LogP contribution < -0.4 is 4.74 Å². The van der Waals surface area contributed by atoms with Crippen molar-refractivity contribution in [2.45, 2.75) is 6.92 Å². The lowest BCUT2D eigenvalue weighted by atomic mass is 10.5. The molecule has 7 nitrogen and oxygen atoms in total. The third kappa shape index (κ3) is 4.83. The van der Waals surface area contributed by atoms with Crippen molar-refractivity contribution < 1.29 is 14.6 Å². The maximum Gasteiger partial charge on any atom is 0.412 e. The van der Waals surface area contributed by atoms with Crippen LogP contribution in [0.25, 0.3) is 0 Å². The minimum absolute atomic E-state index is 0.402. The summed E-state index contributed by atoms with van der Waals surface area (Å²) in [7, 11) is 0. The molecule has 0 fully saturated rings. The highest BCUT2D eigenvalue weighted by atomic mass is 16.5. The summed E-state index contributed by atoms with van der Waals surface area (Å²) in [5.41, 5.74) is 0. The summed E-state index contributed by atoms with van der Waals surface area (Å²) in [6.07, 6.45) is 5.28. The van der Waals surface area contributed by atoms with Crippen LogP contribution in [0.1, 0.15) is 6.92 Å². The first-order valence-electron chi connectivity index (χ1n) is 5.04. The van der Waals surface area contributed by atoms with Crippen molar-refractivity contribution >= 4 is 12.4 Å². The number of carboxylic acid groups (broad SMARTS) is 1. The van der Waals surface area contributed by atoms with E-state index in [1.807, 2.05) is 6.92 Å². The van der Waals surface area contributed by atoms with Gasteiger partial charge in [0.25, 0.3) is 0 Å². The van der Waals surface area contributed by atoms with E-state index in [4.69, 9.17) is 9.84 Å². The summed E-state index contributed by atoms with van der Waals surface area (Å²) in [5.74, 6) is 0.660. The lowest BCUT2D eigenvalue weighted by Gasteiger charge is -2.11. The summed E-state index contributed by atoms with van der Waals surface area (Å²) in [6, 6.07) is 1.78. The summed E-state index contributed by atoms with van der Waals surface area (Å²) in [5, 5.41) is 14.7. The summed E-state index contributed by atoms with van der Waals surface area (Å²) in [6.45, 7) is 3.00. The van der Waals surface area contributed by atoms with E-state index in [2.05, 4.69) is 15.2 Å². The molecule has 92 valence electrons. The number of aliphatic imine (C=N–C) groups is 1. The molecule has 2 rings (SSSR count). The van der Waals surface area contributed by atoms with Gasteiger partial charge in [0.05, 0.1) is 6.61 Å². The second-order valence-electron chi connectivity index (χ2n) is 2.93. The smallest absolute Gasteiger partial charge is 0.412 e. The van der Waals surface area contributed by atoms with Crippen molar-refractivity contribution in [1.82, 2.24) is 15.1 Å². The lowest BCUT2D eigenvalue weighted by molar-refractivity contribution is 0.173. The molecule has 0 atom stereocenters. The molecule has 0 unspecified atom stereocenters. The first-order chi connectivity index (χ1) is 8.24. The third-order valence-corrected chi connectivity index (χ3v) is 1.71. The SMILES string of the molecule is CCOc1cc[nH]n1.O=C(O)N1C=NC=CC1. The Labute approximate surface area is 98.4 Å². The standard InChI is InChI=1S/C5H6N2O2.C5H8N2O/c8-5(9)7-3-1-2-6-4-7;1-2-8-5-3-4-6-7-5/h1-2,4H,3H2,(H,8,9);3-4H,2H2,1H3,(H,6,7). The van der Waals surface area contributed by atoms with Crippen LogP contribution in [0.5, 0.6) is 5.88 Å². The number of hydrogen-bond donors (Lipinski definition) is 2. The number of aromatic amines is 1. The fraction of sp³-hybridized carbons (Fsp3) is 0.300. The molecule has 2 N–H and O–H groups in total. The van der Waals surface area contributed by atoms with Gasteiger partial charge in [-0.2, -0.15) is 0 Å². The summed E-state index contributed by atoms with van der Waals surface area (Å²) in [4.78, 5) is 14.9. The quantitative estimate of drug-likeness (QED) is 0.813. The average molecular weight is 238 g/mol. The molecule has 0 saturated heterocycles. The molecule has 1 amide bonds. The van der Waals surface area contributed by atoms with E-state index >= 15 is 0 Å². The van der Waals surface area contributed by atoms with Gasteiger partial charge >= 0.3 is 6.09 Å². The lowest BCUT2D eigenvalue weighted by Crippen LogP contribution is -2.29. The highest BCUT2D eigenvalue weighted by Crippen LogP contribution is 2.00. The van der Waals surface area contributed by atoms with Crippen LogP contribution in [0.4, 0.5) is 4.79 Å². The highest BCUT2D eigenvalue weighted by molar-refractivity contribution is 5.81. The van der Waals surface area contributed by atoms with E-state index in [1.54, 1.807) is 24.5 Å². The van der Waals surface area contributed by atoms with Gasteiger partial charge in [-0.1, -0.05) is 0 Å². The second kappa shape index (κ2) is 7.04. The molecular formula is C10H14N4O3. The van der Waals surface area contributed by atoms with Crippen LogP contribution in [0.15, 0.2) is 29.5 Å². The molecule has 2 heterocycles. The Morgan fingerprint density at radius 2 is 2.53 bits per heavy atom. The first-order valence-corrected chi connectivity index (χ1v) is 5.04. The molecule has 7 heteroatoms. The van der Waals surface area contributed by atoms with Crippen molar-refractivity contribution in [3.63, 3.8) is 0 Å². The van der Waals surface area contributed by atoms with E-state index in [9.17, 15) is 4.79 Å². The first kappa shape index (κ1) is 12.8. The van der Waals surface area contributed by atoms with Crippen LogP contribution in [0.2, 0.25) is 0 Å². The van der Waals surface area contributed by atoms with Gasteiger partial charge < -0.3 is 9.84 Å². The zero-order valence-corrected chi connectivity index (χ0v) is 9.41. The van der Waals surface area contributed by atoms with E-state index < -0.39 is 6.09 Å². The molecule has 0 aromatic carbocycles. The normalized spacial score (nSPS) is 12.9. The molecule has 17 heavy (non-hydrogen) atoms. The molecule has 1 aliphatic heterocycles. The van der Waals surface area contributed by atoms with Crippen molar-refractivity contribution in [1.29, 1.82) is 0 Å². The topological polar surface area (TPSA) is 90.8 Å².